The second kappa shape index (κ2) is 8.05. The molecule has 0 aliphatic carbocycles. The van der Waals surface area contributed by atoms with Crippen LogP contribution in [0, 0.1) is 5.82 Å². The van der Waals surface area contributed by atoms with Crippen LogP contribution in [0.2, 0.25) is 0 Å². The summed E-state index contributed by atoms with van der Waals surface area (Å²) in [5.41, 5.74) is 1.75. The van der Waals surface area contributed by atoms with E-state index in [1.807, 2.05) is 0 Å². The molecule has 2 heterocycles. The van der Waals surface area contributed by atoms with Gasteiger partial charge in [0.1, 0.15) is 17.3 Å². The zero-order chi connectivity index (χ0) is 20.2. The van der Waals surface area contributed by atoms with Gasteiger partial charge >= 0.3 is 0 Å². The van der Waals surface area contributed by atoms with E-state index in [0.717, 1.165) is 18.7 Å². The number of halogens is 1. The number of aryl methyl sites for hydroxylation is 1. The van der Waals surface area contributed by atoms with Gasteiger partial charge in [0.05, 0.1) is 11.0 Å². The van der Waals surface area contributed by atoms with E-state index in [1.54, 1.807) is 30.6 Å². The van der Waals surface area contributed by atoms with Crippen LogP contribution in [-0.2, 0) is 6.42 Å². The summed E-state index contributed by atoms with van der Waals surface area (Å²) in [6.07, 6.45) is 4.96. The van der Waals surface area contributed by atoms with Crippen molar-refractivity contribution >= 4 is 16.9 Å². The number of nitrogens with zero attached hydrogens (tertiary/aromatic N) is 2. The van der Waals surface area contributed by atoms with Crippen LogP contribution in [0.5, 0.6) is 0 Å². The fourth-order valence-corrected chi connectivity index (χ4v) is 3.02. The van der Waals surface area contributed by atoms with Gasteiger partial charge in [-0.2, -0.15) is 0 Å². The highest BCUT2D eigenvalue weighted by molar-refractivity contribution is 5.97. The number of benzene rings is 2. The molecule has 0 unspecified atom stereocenters. The number of aromatic amines is 2. The molecule has 29 heavy (non-hydrogen) atoms. The van der Waals surface area contributed by atoms with Gasteiger partial charge in [-0.1, -0.05) is 0 Å². The average molecular weight is 391 g/mol. The summed E-state index contributed by atoms with van der Waals surface area (Å²) < 4.78 is 13.1. The molecule has 4 aromatic rings. The van der Waals surface area contributed by atoms with E-state index in [-0.39, 0.29) is 17.2 Å². The van der Waals surface area contributed by atoms with E-state index < -0.39 is 5.82 Å². The lowest BCUT2D eigenvalue weighted by molar-refractivity contribution is 0.0953. The summed E-state index contributed by atoms with van der Waals surface area (Å²) in [7, 11) is 0. The van der Waals surface area contributed by atoms with Crippen molar-refractivity contribution in [3.05, 3.63) is 82.4 Å². The van der Waals surface area contributed by atoms with Crippen LogP contribution in [0.15, 0.2) is 59.7 Å². The number of fused-ring (bicyclic) bond motifs is 1. The van der Waals surface area contributed by atoms with Crippen LogP contribution in [0.4, 0.5) is 4.39 Å². The number of H-pyrrole nitrogens is 2. The maximum absolute atomic E-state index is 13.1. The van der Waals surface area contributed by atoms with Gasteiger partial charge in [0.25, 0.3) is 11.5 Å². The minimum atomic E-state index is -0.392. The van der Waals surface area contributed by atoms with E-state index in [1.165, 1.54) is 24.3 Å². The Labute approximate surface area is 165 Å². The Hall–Kier alpha value is -3.81. The largest absolute Gasteiger partial charge is 0.352 e. The second-order valence-electron chi connectivity index (χ2n) is 6.55. The van der Waals surface area contributed by atoms with Gasteiger partial charge in [-0.15, -0.1) is 0 Å². The molecule has 7 nitrogen and oxygen atoms in total. The number of aromatic nitrogens is 4. The Balaban J connectivity index is 1.51. The molecule has 2 aromatic heterocycles. The smallest absolute Gasteiger partial charge is 0.274 e. The topological polar surface area (TPSA) is 104 Å². The Morgan fingerprint density at radius 3 is 2.72 bits per heavy atom. The first-order valence-corrected chi connectivity index (χ1v) is 9.16. The summed E-state index contributed by atoms with van der Waals surface area (Å²) in [5.74, 6) is 0.270. The lowest BCUT2D eigenvalue weighted by Crippen LogP contribution is -2.25. The van der Waals surface area contributed by atoms with Crippen LogP contribution in [0.1, 0.15) is 22.6 Å². The molecule has 0 spiro atoms. The Morgan fingerprint density at radius 2 is 1.97 bits per heavy atom. The normalized spacial score (nSPS) is 10.9. The maximum Gasteiger partial charge on any atom is 0.274 e. The molecule has 0 fully saturated rings. The van der Waals surface area contributed by atoms with Crippen LogP contribution < -0.4 is 10.9 Å². The van der Waals surface area contributed by atoms with Gasteiger partial charge in [0.2, 0.25) is 0 Å². The molecule has 146 valence electrons. The Bertz CT molecular complexity index is 1200. The molecule has 1 amide bonds. The number of amides is 1. The average Bonchev–Trinajstić information content (AvgIpc) is 3.24. The van der Waals surface area contributed by atoms with Crippen LogP contribution >= 0.6 is 0 Å². The molecular formula is C21H18FN5O2. The highest BCUT2D eigenvalue weighted by Crippen LogP contribution is 2.17. The summed E-state index contributed by atoms with van der Waals surface area (Å²) in [5, 5.41) is 2.87. The molecule has 0 aliphatic rings. The van der Waals surface area contributed by atoms with Gasteiger partial charge in [0.15, 0.2) is 0 Å². The summed E-state index contributed by atoms with van der Waals surface area (Å²) in [6, 6.07) is 10.4. The predicted octanol–water partition coefficient (Wildman–Crippen LogP) is 2.81. The van der Waals surface area contributed by atoms with Crippen molar-refractivity contribution in [1.82, 2.24) is 25.3 Å². The molecule has 0 radical (unpaired) electrons. The van der Waals surface area contributed by atoms with Crippen LogP contribution in [0.25, 0.3) is 22.3 Å². The lowest BCUT2D eigenvalue weighted by atomic mass is 10.1. The quantitative estimate of drug-likeness (QED) is 0.440. The first-order chi connectivity index (χ1) is 14.1. The van der Waals surface area contributed by atoms with E-state index >= 15 is 0 Å². The minimum absolute atomic E-state index is 0.175. The lowest BCUT2D eigenvalue weighted by Gasteiger charge is -2.07. The van der Waals surface area contributed by atoms with Crippen molar-refractivity contribution in [2.45, 2.75) is 12.8 Å². The van der Waals surface area contributed by atoms with Crippen molar-refractivity contribution in [3.8, 4) is 11.3 Å². The van der Waals surface area contributed by atoms with Gasteiger partial charge in [-0.3, -0.25) is 9.59 Å². The first-order valence-electron chi connectivity index (χ1n) is 9.16. The number of hydrogen-bond donors (Lipinski definition) is 3. The molecular weight excluding hydrogens is 373 g/mol. The van der Waals surface area contributed by atoms with Gasteiger partial charge in [0, 0.05) is 36.5 Å². The SMILES string of the molecule is O=C(NCCCc1ncc[nH]1)c1ccc2[nH]c(=O)c(-c3ccc(F)cc3)nc2c1. The second-order valence-corrected chi connectivity index (χ2v) is 6.55. The standard InChI is InChI=1S/C21H18FN5O2/c22-15-6-3-13(4-7-15)19-21(29)27-16-8-5-14(12-17(16)26-19)20(28)25-9-1-2-18-23-10-11-24-18/h3-8,10-12H,1-2,9H2,(H,23,24)(H,25,28)(H,27,29). The molecule has 0 saturated heterocycles. The maximum atomic E-state index is 13.1. The molecule has 0 aliphatic heterocycles. The zero-order valence-corrected chi connectivity index (χ0v) is 15.4. The van der Waals surface area contributed by atoms with Crippen molar-refractivity contribution in [3.63, 3.8) is 0 Å². The summed E-state index contributed by atoms with van der Waals surface area (Å²) >= 11 is 0. The zero-order valence-electron chi connectivity index (χ0n) is 15.4. The first kappa shape index (κ1) is 18.5. The van der Waals surface area contributed by atoms with Crippen molar-refractivity contribution < 1.29 is 9.18 Å². The number of imidazole rings is 1. The summed E-state index contributed by atoms with van der Waals surface area (Å²) in [4.78, 5) is 39.0. The van der Waals surface area contributed by atoms with Crippen LogP contribution in [0.3, 0.4) is 0 Å². The van der Waals surface area contributed by atoms with Crippen molar-refractivity contribution in [2.24, 2.45) is 0 Å². The Kier molecular flexibility index (Phi) is 5.15. The monoisotopic (exact) mass is 391 g/mol. The third kappa shape index (κ3) is 4.21. The highest BCUT2D eigenvalue weighted by atomic mass is 19.1. The van der Waals surface area contributed by atoms with Crippen molar-refractivity contribution in [1.29, 1.82) is 0 Å². The van der Waals surface area contributed by atoms with Gasteiger partial charge < -0.3 is 15.3 Å². The number of hydrogen-bond acceptors (Lipinski definition) is 4. The number of rotatable bonds is 6. The van der Waals surface area contributed by atoms with E-state index in [2.05, 4.69) is 25.3 Å². The van der Waals surface area contributed by atoms with E-state index in [9.17, 15) is 14.0 Å². The fourth-order valence-electron chi connectivity index (χ4n) is 3.02. The van der Waals surface area contributed by atoms with Crippen LogP contribution in [-0.4, -0.2) is 32.4 Å². The molecule has 3 N–H and O–H groups in total. The van der Waals surface area contributed by atoms with Crippen molar-refractivity contribution in [2.75, 3.05) is 6.54 Å². The third-order valence-corrected chi connectivity index (χ3v) is 4.50. The molecule has 8 heteroatoms. The molecule has 2 aromatic carbocycles. The number of carbonyl (C=O) groups is 1. The molecule has 0 saturated carbocycles. The third-order valence-electron chi connectivity index (χ3n) is 4.50. The minimum Gasteiger partial charge on any atom is -0.352 e. The Morgan fingerprint density at radius 1 is 1.14 bits per heavy atom. The molecule has 0 atom stereocenters. The van der Waals surface area contributed by atoms with Gasteiger partial charge in [-0.25, -0.2) is 14.4 Å². The summed E-state index contributed by atoms with van der Waals surface area (Å²) in [6.45, 7) is 0.511. The number of nitrogens with one attached hydrogen (secondary N) is 3. The fraction of sp³-hybridized carbons (Fsp3) is 0.143. The van der Waals surface area contributed by atoms with E-state index in [4.69, 9.17) is 0 Å². The molecule has 0 bridgehead atoms. The predicted molar refractivity (Wildman–Crippen MR) is 107 cm³/mol. The van der Waals surface area contributed by atoms with E-state index in [0.29, 0.717) is 28.7 Å². The molecule has 4 rings (SSSR count). The van der Waals surface area contributed by atoms with Gasteiger partial charge in [-0.05, 0) is 48.9 Å². The number of carbonyl (C=O) groups excluding carboxylic acids is 1. The highest BCUT2D eigenvalue weighted by Gasteiger charge is 2.11.